The van der Waals surface area contributed by atoms with Crippen molar-refractivity contribution in [2.24, 2.45) is 0 Å². The van der Waals surface area contributed by atoms with Gasteiger partial charge in [0.2, 0.25) is 5.91 Å². The molecule has 7 heteroatoms. The van der Waals surface area contributed by atoms with Crippen LogP contribution in [0.25, 0.3) is 0 Å². The van der Waals surface area contributed by atoms with E-state index in [-0.39, 0.29) is 16.6 Å². The second-order valence-electron chi connectivity index (χ2n) is 3.89. The summed E-state index contributed by atoms with van der Waals surface area (Å²) in [5.41, 5.74) is -0.0996. The van der Waals surface area contributed by atoms with Crippen LogP contribution in [0.4, 0.5) is 14.5 Å². The molecular weight excluding hydrogens is 278 g/mol. The first-order chi connectivity index (χ1) is 8.95. The van der Waals surface area contributed by atoms with Crippen LogP contribution in [0.15, 0.2) is 12.1 Å². The minimum Gasteiger partial charge on any atom is -0.383 e. The molecule has 0 bridgehead atoms. The van der Waals surface area contributed by atoms with Crippen LogP contribution in [0.1, 0.15) is 6.92 Å². The lowest BCUT2D eigenvalue weighted by Gasteiger charge is -2.16. The van der Waals surface area contributed by atoms with Crippen molar-refractivity contribution >= 4 is 23.2 Å². The number of carbonyl (C=O) groups is 1. The van der Waals surface area contributed by atoms with Crippen molar-refractivity contribution in [2.75, 3.05) is 25.6 Å². The fraction of sp³-hybridized carbons (Fsp3) is 0.417. The van der Waals surface area contributed by atoms with Crippen LogP contribution in [-0.2, 0) is 9.53 Å². The summed E-state index contributed by atoms with van der Waals surface area (Å²) in [6, 6.07) is 0.959. The lowest BCUT2D eigenvalue weighted by atomic mass is 10.2. The average Bonchev–Trinajstić information content (AvgIpc) is 2.33. The van der Waals surface area contributed by atoms with Gasteiger partial charge in [-0.3, -0.25) is 4.79 Å². The van der Waals surface area contributed by atoms with Gasteiger partial charge in [0.25, 0.3) is 0 Å². The van der Waals surface area contributed by atoms with Gasteiger partial charge < -0.3 is 15.4 Å². The van der Waals surface area contributed by atoms with Gasteiger partial charge in [0.15, 0.2) is 5.82 Å². The first kappa shape index (κ1) is 15.7. The molecule has 1 atom stereocenters. The number of carbonyl (C=O) groups excluding carboxylic acids is 1. The van der Waals surface area contributed by atoms with E-state index in [0.717, 1.165) is 6.07 Å². The number of halogens is 3. The average molecular weight is 293 g/mol. The second kappa shape index (κ2) is 7.25. The fourth-order valence-corrected chi connectivity index (χ4v) is 1.64. The van der Waals surface area contributed by atoms with E-state index in [4.69, 9.17) is 16.3 Å². The summed E-state index contributed by atoms with van der Waals surface area (Å²) in [5.74, 6) is -1.95. The third-order valence-corrected chi connectivity index (χ3v) is 2.66. The number of amides is 1. The minimum atomic E-state index is -0.846. The Morgan fingerprint density at radius 1 is 1.47 bits per heavy atom. The standard InChI is InChI=1S/C12H15ClF2N2O2/c1-7(12(18)16-3-4-19-2)17-11-9(13)5-8(14)6-10(11)15/h5-7,17H,3-4H2,1-2H3,(H,16,18). The summed E-state index contributed by atoms with van der Waals surface area (Å²) in [6.45, 7) is 2.27. The molecule has 0 aliphatic heterocycles. The van der Waals surface area contributed by atoms with Crippen molar-refractivity contribution in [1.29, 1.82) is 0 Å². The van der Waals surface area contributed by atoms with Crippen LogP contribution in [0, 0.1) is 11.6 Å². The number of nitrogens with one attached hydrogen (secondary N) is 2. The maximum absolute atomic E-state index is 13.5. The van der Waals surface area contributed by atoms with Crippen molar-refractivity contribution in [3.05, 3.63) is 28.8 Å². The Kier molecular flexibility index (Phi) is 5.98. The number of hydrogen-bond acceptors (Lipinski definition) is 3. The van der Waals surface area contributed by atoms with E-state index < -0.39 is 17.7 Å². The van der Waals surface area contributed by atoms with Crippen molar-refractivity contribution in [3.8, 4) is 0 Å². The predicted molar refractivity (Wildman–Crippen MR) is 69.3 cm³/mol. The van der Waals surface area contributed by atoms with E-state index in [1.165, 1.54) is 7.11 Å². The summed E-state index contributed by atoms with van der Waals surface area (Å²) in [7, 11) is 1.52. The van der Waals surface area contributed by atoms with E-state index in [0.29, 0.717) is 19.2 Å². The Morgan fingerprint density at radius 2 is 2.16 bits per heavy atom. The van der Waals surface area contributed by atoms with Crippen LogP contribution in [0.5, 0.6) is 0 Å². The van der Waals surface area contributed by atoms with E-state index in [1.807, 2.05) is 0 Å². The highest BCUT2D eigenvalue weighted by Crippen LogP contribution is 2.26. The van der Waals surface area contributed by atoms with Crippen LogP contribution in [0.3, 0.4) is 0 Å². The molecule has 0 fully saturated rings. The summed E-state index contributed by atoms with van der Waals surface area (Å²) in [4.78, 5) is 11.6. The van der Waals surface area contributed by atoms with Gasteiger partial charge in [-0.25, -0.2) is 8.78 Å². The highest BCUT2D eigenvalue weighted by molar-refractivity contribution is 6.33. The quantitative estimate of drug-likeness (QED) is 0.790. The molecule has 0 aliphatic rings. The van der Waals surface area contributed by atoms with Crippen molar-refractivity contribution in [2.45, 2.75) is 13.0 Å². The Balaban J connectivity index is 2.66. The zero-order valence-electron chi connectivity index (χ0n) is 10.6. The van der Waals surface area contributed by atoms with Crippen LogP contribution in [-0.4, -0.2) is 32.2 Å². The Hall–Kier alpha value is -1.40. The SMILES string of the molecule is COCCNC(=O)C(C)Nc1c(F)cc(F)cc1Cl. The first-order valence-corrected chi connectivity index (χ1v) is 6.01. The van der Waals surface area contributed by atoms with Gasteiger partial charge in [0.05, 0.1) is 17.3 Å². The van der Waals surface area contributed by atoms with Gasteiger partial charge in [-0.15, -0.1) is 0 Å². The molecule has 0 spiro atoms. The minimum absolute atomic E-state index is 0.0996. The molecule has 2 N–H and O–H groups in total. The molecule has 0 heterocycles. The van der Waals surface area contributed by atoms with Crippen molar-refractivity contribution in [3.63, 3.8) is 0 Å². The van der Waals surface area contributed by atoms with Gasteiger partial charge in [-0.05, 0) is 13.0 Å². The molecule has 1 aromatic rings. The van der Waals surface area contributed by atoms with Gasteiger partial charge in [0.1, 0.15) is 11.9 Å². The third-order valence-electron chi connectivity index (χ3n) is 2.37. The Bertz CT molecular complexity index is 434. The molecule has 0 saturated carbocycles. The Morgan fingerprint density at radius 3 is 2.74 bits per heavy atom. The van der Waals surface area contributed by atoms with Gasteiger partial charge >= 0.3 is 0 Å². The molecule has 19 heavy (non-hydrogen) atoms. The van der Waals surface area contributed by atoms with E-state index in [2.05, 4.69) is 10.6 Å². The number of rotatable bonds is 6. The zero-order chi connectivity index (χ0) is 14.4. The number of methoxy groups -OCH3 is 1. The number of anilines is 1. The van der Waals surface area contributed by atoms with Gasteiger partial charge in [-0.2, -0.15) is 0 Å². The molecule has 1 unspecified atom stereocenters. The second-order valence-corrected chi connectivity index (χ2v) is 4.30. The van der Waals surface area contributed by atoms with Crippen LogP contribution in [0.2, 0.25) is 5.02 Å². The van der Waals surface area contributed by atoms with Crippen molar-refractivity contribution in [1.82, 2.24) is 5.32 Å². The number of benzene rings is 1. The maximum atomic E-state index is 13.5. The topological polar surface area (TPSA) is 50.4 Å². The summed E-state index contributed by atoms with van der Waals surface area (Å²) < 4.78 is 31.2. The first-order valence-electron chi connectivity index (χ1n) is 5.63. The molecule has 1 aromatic carbocycles. The monoisotopic (exact) mass is 292 g/mol. The molecule has 4 nitrogen and oxygen atoms in total. The van der Waals surface area contributed by atoms with Crippen LogP contribution >= 0.6 is 11.6 Å². The van der Waals surface area contributed by atoms with Gasteiger partial charge in [-0.1, -0.05) is 11.6 Å². The largest absolute Gasteiger partial charge is 0.383 e. The molecule has 1 rings (SSSR count). The fourth-order valence-electron chi connectivity index (χ4n) is 1.39. The summed E-state index contributed by atoms with van der Waals surface area (Å²) >= 11 is 5.72. The molecule has 1 amide bonds. The Labute approximate surface area is 115 Å². The maximum Gasteiger partial charge on any atom is 0.242 e. The molecule has 0 aliphatic carbocycles. The zero-order valence-corrected chi connectivity index (χ0v) is 11.4. The molecule has 0 saturated heterocycles. The third kappa shape index (κ3) is 4.65. The molecule has 0 aromatic heterocycles. The lowest BCUT2D eigenvalue weighted by molar-refractivity contribution is -0.121. The van der Waals surface area contributed by atoms with Crippen LogP contribution < -0.4 is 10.6 Å². The smallest absolute Gasteiger partial charge is 0.242 e. The predicted octanol–water partition coefficient (Wildman–Crippen LogP) is 2.18. The van der Waals surface area contributed by atoms with E-state index in [9.17, 15) is 13.6 Å². The lowest BCUT2D eigenvalue weighted by Crippen LogP contribution is -2.39. The molecule has 0 radical (unpaired) electrons. The number of hydrogen-bond donors (Lipinski definition) is 2. The van der Waals surface area contributed by atoms with Crippen molar-refractivity contribution < 1.29 is 18.3 Å². The van der Waals surface area contributed by atoms with E-state index in [1.54, 1.807) is 6.92 Å². The highest BCUT2D eigenvalue weighted by atomic mass is 35.5. The number of ether oxygens (including phenoxy) is 1. The molecule has 106 valence electrons. The molecular formula is C12H15ClF2N2O2. The highest BCUT2D eigenvalue weighted by Gasteiger charge is 2.17. The van der Waals surface area contributed by atoms with Gasteiger partial charge in [0, 0.05) is 19.7 Å². The van der Waals surface area contributed by atoms with E-state index >= 15 is 0 Å². The summed E-state index contributed by atoms with van der Waals surface area (Å²) in [6.07, 6.45) is 0. The normalized spacial score (nSPS) is 12.1. The summed E-state index contributed by atoms with van der Waals surface area (Å²) in [5, 5.41) is 5.08.